The van der Waals surface area contributed by atoms with Gasteiger partial charge in [0, 0.05) is 0 Å². The predicted octanol–water partition coefficient (Wildman–Crippen LogP) is 0.737. The van der Waals surface area contributed by atoms with Crippen LogP contribution in [-0.4, -0.2) is 40.3 Å². The highest BCUT2D eigenvalue weighted by Crippen LogP contribution is 2.37. The molecule has 0 aliphatic heterocycles. The van der Waals surface area contributed by atoms with Gasteiger partial charge in [0.2, 0.25) is 0 Å². The molecule has 6 nitrogen and oxygen atoms in total. The molecule has 0 saturated carbocycles. The average Bonchev–Trinajstić information content (AvgIpc) is 2.35. The van der Waals surface area contributed by atoms with Crippen LogP contribution in [0.15, 0.2) is 24.3 Å². The Bertz CT molecular complexity index is 481. The van der Waals surface area contributed by atoms with E-state index in [0.29, 0.717) is 13.1 Å². The fourth-order valence-corrected chi connectivity index (χ4v) is 2.26. The van der Waals surface area contributed by atoms with Crippen LogP contribution in [0.2, 0.25) is 0 Å². The van der Waals surface area contributed by atoms with Crippen LogP contribution < -0.4 is 10.0 Å². The van der Waals surface area contributed by atoms with Gasteiger partial charge in [-0.3, -0.25) is 14.3 Å². The Hall–Kier alpha value is -1.20. The molecule has 0 saturated heterocycles. The molecular weight excluding hydrogens is 269 g/mol. The van der Waals surface area contributed by atoms with Crippen molar-refractivity contribution in [2.45, 2.75) is 13.8 Å². The quantitative estimate of drug-likeness (QED) is 0.456. The summed E-state index contributed by atoms with van der Waals surface area (Å²) in [7, 11) is -4.45. The lowest BCUT2D eigenvalue weighted by atomic mass is 10.3. The van der Waals surface area contributed by atoms with Crippen LogP contribution in [0.1, 0.15) is 13.8 Å². The van der Waals surface area contributed by atoms with Crippen LogP contribution in [-0.2, 0) is 9.36 Å². The summed E-state index contributed by atoms with van der Waals surface area (Å²) in [6.07, 6.45) is 0. The van der Waals surface area contributed by atoms with Crippen LogP contribution in [0.5, 0.6) is 5.75 Å². The first-order valence-electron chi connectivity index (χ1n) is 5.96. The van der Waals surface area contributed by atoms with Gasteiger partial charge in [-0.1, -0.05) is 26.0 Å². The Morgan fingerprint density at radius 2 is 1.84 bits per heavy atom. The number of nitrogens with zero attached hydrogens (tertiary/aromatic N) is 1. The summed E-state index contributed by atoms with van der Waals surface area (Å²) in [4.78, 5) is 31.9. The summed E-state index contributed by atoms with van der Waals surface area (Å²) in [6, 6.07) is 5.66. The molecule has 0 aromatic heterocycles. The van der Waals surface area contributed by atoms with E-state index in [1.165, 1.54) is 18.2 Å². The summed E-state index contributed by atoms with van der Waals surface area (Å²) >= 11 is 0. The van der Waals surface area contributed by atoms with Gasteiger partial charge in [-0.05, 0) is 25.2 Å². The maximum Gasteiger partial charge on any atom is 0.359 e. The second-order valence-electron chi connectivity index (χ2n) is 3.95. The minimum atomic E-state index is -4.45. The number of carbonyl (C=O) groups excluding carboxylic acids is 1. The first-order valence-corrected chi connectivity index (χ1v) is 7.57. The highest BCUT2D eigenvalue weighted by Gasteiger charge is 2.23. The van der Waals surface area contributed by atoms with Gasteiger partial charge in [-0.15, -0.1) is 0 Å². The van der Waals surface area contributed by atoms with Gasteiger partial charge in [0.1, 0.15) is 11.1 Å². The molecule has 0 unspecified atom stereocenters. The van der Waals surface area contributed by atoms with Crippen LogP contribution in [0.25, 0.3) is 0 Å². The monoisotopic (exact) mass is 287 g/mol. The summed E-state index contributed by atoms with van der Waals surface area (Å²) in [5, 5.41) is -0.275. The lowest BCUT2D eigenvalue weighted by Gasteiger charge is -2.17. The Morgan fingerprint density at radius 3 is 2.37 bits per heavy atom. The molecule has 1 aromatic carbocycles. The second kappa shape index (κ2) is 6.82. The maximum absolute atomic E-state index is 11.7. The third-order valence-electron chi connectivity index (χ3n) is 2.65. The highest BCUT2D eigenvalue weighted by molar-refractivity contribution is 7.60. The van der Waals surface area contributed by atoms with Crippen molar-refractivity contribution in [3.63, 3.8) is 0 Å². The zero-order valence-corrected chi connectivity index (χ0v) is 11.8. The Morgan fingerprint density at radius 1 is 1.26 bits per heavy atom. The fourth-order valence-electron chi connectivity index (χ4n) is 1.57. The van der Waals surface area contributed by atoms with E-state index in [1.54, 1.807) is 6.07 Å². The third kappa shape index (κ3) is 4.76. The number of rotatable bonds is 6. The normalized spacial score (nSPS) is 11.6. The Labute approximate surface area is 112 Å². The van der Waals surface area contributed by atoms with Crippen LogP contribution in [0.3, 0.4) is 0 Å². The smallest absolute Gasteiger partial charge is 0.359 e. The van der Waals surface area contributed by atoms with E-state index < -0.39 is 13.6 Å². The number of ether oxygens (including phenoxy) is 1. The van der Waals surface area contributed by atoms with E-state index in [1.807, 2.05) is 18.7 Å². The number of benzene rings is 1. The van der Waals surface area contributed by atoms with Gasteiger partial charge in [0.15, 0.2) is 0 Å². The van der Waals surface area contributed by atoms with E-state index in [4.69, 9.17) is 14.5 Å². The Kier molecular flexibility index (Phi) is 5.69. The largest absolute Gasteiger partial charge is 0.425 e. The molecule has 106 valence electrons. The number of hydrogen-bond acceptors (Lipinski definition) is 4. The number of carbonyl (C=O) groups is 1. The highest BCUT2D eigenvalue weighted by atomic mass is 31.2. The van der Waals surface area contributed by atoms with Crippen molar-refractivity contribution in [2.75, 3.05) is 19.6 Å². The number of likely N-dealkylation sites (N-methyl/N-ethyl adjacent to an activating group) is 1. The number of para-hydroxylation sites is 1. The van der Waals surface area contributed by atoms with Crippen molar-refractivity contribution in [1.82, 2.24) is 4.90 Å². The van der Waals surface area contributed by atoms with Crippen molar-refractivity contribution in [3.8, 4) is 5.75 Å². The lowest BCUT2D eigenvalue weighted by Crippen LogP contribution is -2.32. The zero-order valence-electron chi connectivity index (χ0n) is 10.9. The van der Waals surface area contributed by atoms with Crippen molar-refractivity contribution in [1.29, 1.82) is 0 Å². The molecule has 0 amide bonds. The van der Waals surface area contributed by atoms with Crippen molar-refractivity contribution in [2.24, 2.45) is 0 Å². The summed E-state index contributed by atoms with van der Waals surface area (Å²) in [5.41, 5.74) is 0. The zero-order chi connectivity index (χ0) is 14.5. The predicted molar refractivity (Wildman–Crippen MR) is 71.5 cm³/mol. The van der Waals surface area contributed by atoms with Crippen LogP contribution in [0.4, 0.5) is 0 Å². The molecular formula is C12H18NO5P. The lowest BCUT2D eigenvalue weighted by molar-refractivity contribution is -0.135. The Balaban J connectivity index is 2.83. The summed E-state index contributed by atoms with van der Waals surface area (Å²) in [5.74, 6) is -0.627. The van der Waals surface area contributed by atoms with Gasteiger partial charge in [0.25, 0.3) is 0 Å². The molecule has 19 heavy (non-hydrogen) atoms. The molecule has 1 rings (SSSR count). The number of hydrogen-bond donors (Lipinski definition) is 2. The molecule has 0 heterocycles. The molecule has 0 bridgehead atoms. The molecule has 0 aliphatic carbocycles. The number of esters is 1. The summed E-state index contributed by atoms with van der Waals surface area (Å²) in [6.45, 7) is 5.32. The SMILES string of the molecule is CCN(CC)CC(=O)Oc1ccccc1P(=O)(O)O. The molecule has 1 aromatic rings. The molecule has 0 atom stereocenters. The minimum Gasteiger partial charge on any atom is -0.425 e. The minimum absolute atomic E-state index is 0.0858. The van der Waals surface area contributed by atoms with Gasteiger partial charge >= 0.3 is 13.6 Å². The molecule has 0 spiro atoms. The summed E-state index contributed by atoms with van der Waals surface area (Å²) < 4.78 is 16.3. The first-order chi connectivity index (χ1) is 8.88. The first kappa shape index (κ1) is 15.9. The second-order valence-corrected chi connectivity index (χ2v) is 5.52. The van der Waals surface area contributed by atoms with Crippen LogP contribution in [0, 0.1) is 0 Å². The van der Waals surface area contributed by atoms with E-state index in [0.717, 1.165) is 0 Å². The van der Waals surface area contributed by atoms with E-state index >= 15 is 0 Å². The molecule has 0 aliphatic rings. The van der Waals surface area contributed by atoms with E-state index in [9.17, 15) is 9.36 Å². The van der Waals surface area contributed by atoms with Gasteiger partial charge < -0.3 is 14.5 Å². The molecule has 7 heteroatoms. The van der Waals surface area contributed by atoms with Crippen molar-refractivity contribution < 1.29 is 23.9 Å². The van der Waals surface area contributed by atoms with E-state index in [2.05, 4.69) is 0 Å². The molecule has 0 fully saturated rings. The molecule has 2 N–H and O–H groups in total. The fraction of sp³-hybridized carbons (Fsp3) is 0.417. The van der Waals surface area contributed by atoms with Gasteiger partial charge in [-0.25, -0.2) is 0 Å². The van der Waals surface area contributed by atoms with Crippen molar-refractivity contribution in [3.05, 3.63) is 24.3 Å². The maximum atomic E-state index is 11.7. The van der Waals surface area contributed by atoms with Crippen LogP contribution >= 0.6 is 7.60 Å². The van der Waals surface area contributed by atoms with Gasteiger partial charge in [-0.2, -0.15) is 0 Å². The molecule has 0 radical (unpaired) electrons. The standard InChI is InChI=1S/C12H18NO5P/c1-3-13(4-2)9-12(14)18-10-7-5-6-8-11(10)19(15,16)17/h5-8H,3-4,9H2,1-2H3,(H2,15,16,17). The topological polar surface area (TPSA) is 87.1 Å². The van der Waals surface area contributed by atoms with E-state index in [-0.39, 0.29) is 17.6 Å². The third-order valence-corrected chi connectivity index (χ3v) is 3.65. The average molecular weight is 287 g/mol. The van der Waals surface area contributed by atoms with Crippen molar-refractivity contribution >= 4 is 18.9 Å². The van der Waals surface area contributed by atoms with Gasteiger partial charge in [0.05, 0.1) is 6.54 Å².